The predicted octanol–water partition coefficient (Wildman–Crippen LogP) is 5.30. The van der Waals surface area contributed by atoms with Gasteiger partial charge in [-0.05, 0) is 68.0 Å². The van der Waals surface area contributed by atoms with Crippen LogP contribution < -0.4 is 20.7 Å². The molecule has 7 atom stereocenters. The van der Waals surface area contributed by atoms with Crippen LogP contribution in [0.25, 0.3) is 0 Å². The van der Waals surface area contributed by atoms with Gasteiger partial charge >= 0.3 is 24.0 Å². The van der Waals surface area contributed by atoms with Crippen LogP contribution in [-0.4, -0.2) is 86.0 Å². The Morgan fingerprint density at radius 1 is 0.983 bits per heavy atom. The van der Waals surface area contributed by atoms with Crippen molar-refractivity contribution in [3.63, 3.8) is 0 Å². The van der Waals surface area contributed by atoms with E-state index in [-0.39, 0.29) is 57.1 Å². The maximum absolute atomic E-state index is 13.7. The molecule has 0 aromatic heterocycles. The molecule has 2 aromatic carbocycles. The molecule has 16 heteroatoms. The number of amides is 3. The fourth-order valence-corrected chi connectivity index (χ4v) is 6.45. The maximum Gasteiger partial charge on any atom is 0.408 e. The molecule has 15 nitrogen and oxygen atoms in total. The largest absolute Gasteiger partial charge is 0.495 e. The summed E-state index contributed by atoms with van der Waals surface area (Å²) in [6, 6.07) is 11.3. The summed E-state index contributed by atoms with van der Waals surface area (Å²) in [5.74, 6) is -3.82. The normalized spacial score (nSPS) is 23.6. The molecule has 3 N–H and O–H groups in total. The molecule has 0 bridgehead atoms. The topological polar surface area (TPSA) is 197 Å². The Kier molecular flexibility index (Phi) is 16.7. The van der Waals surface area contributed by atoms with Crippen molar-refractivity contribution in [3.8, 4) is 5.75 Å². The van der Waals surface area contributed by atoms with Crippen molar-refractivity contribution in [2.45, 2.75) is 110 Å². The zero-order valence-corrected chi connectivity index (χ0v) is 35.6. The third-order valence-electron chi connectivity index (χ3n) is 9.43. The highest BCUT2D eigenvalue weighted by molar-refractivity contribution is 6.32. The summed E-state index contributed by atoms with van der Waals surface area (Å²) >= 11 is 6.33. The highest BCUT2D eigenvalue weighted by atomic mass is 35.5. The standard InChI is InChI=1S/C43H56ClN3O12/c1-24(2)18-34-41(52)56-32(26(4)37-38(58-37)29-15-12-27(13-16-29)23-55-36(49)22-46-42(53)59-43(5,6)7)10-9-11-35(48)47-31(39(50)45-21-25(3)40(51)57-34)20-28-14-17-33(54-8)30(44)19-28/h9-10,12-17,19,24-26,31-32,34,37-38H,11,18,20-23H2,1-8H3,(H,45,50)(H,46,53)(H,47,48)/t25-,26+,31-,32+,34+,37-,38-/m1/s1. The summed E-state index contributed by atoms with van der Waals surface area (Å²) < 4.78 is 33.4. The number of hydrogen-bond donors (Lipinski definition) is 3. The van der Waals surface area contributed by atoms with Gasteiger partial charge in [0.25, 0.3) is 0 Å². The van der Waals surface area contributed by atoms with Gasteiger partial charge in [-0.25, -0.2) is 9.59 Å². The van der Waals surface area contributed by atoms with Crippen LogP contribution in [-0.2, 0) is 60.7 Å². The average molecular weight is 842 g/mol. The van der Waals surface area contributed by atoms with Crippen molar-refractivity contribution in [2.24, 2.45) is 17.8 Å². The van der Waals surface area contributed by atoms with E-state index >= 15 is 0 Å². The van der Waals surface area contributed by atoms with Gasteiger partial charge in [0.15, 0.2) is 6.10 Å². The fraction of sp³-hybridized carbons (Fsp3) is 0.535. The smallest absolute Gasteiger partial charge is 0.408 e. The number of alkyl carbamates (subject to hydrolysis) is 1. The lowest BCUT2D eigenvalue weighted by Gasteiger charge is -2.26. The quantitative estimate of drug-likeness (QED) is 0.108. The van der Waals surface area contributed by atoms with Crippen molar-refractivity contribution < 1.29 is 57.2 Å². The van der Waals surface area contributed by atoms with E-state index in [2.05, 4.69) is 16.0 Å². The second-order valence-corrected chi connectivity index (χ2v) is 16.6. The molecule has 4 rings (SSSR count). The zero-order valence-electron chi connectivity index (χ0n) is 34.8. The van der Waals surface area contributed by atoms with Crippen LogP contribution in [0.3, 0.4) is 0 Å². The number of benzene rings is 2. The molecule has 0 saturated carbocycles. The third kappa shape index (κ3) is 14.9. The van der Waals surface area contributed by atoms with Gasteiger partial charge in [0.2, 0.25) is 11.8 Å². The number of hydrogen-bond acceptors (Lipinski definition) is 12. The third-order valence-corrected chi connectivity index (χ3v) is 9.72. The molecule has 1 fully saturated rings. The first-order valence-electron chi connectivity index (χ1n) is 19.7. The van der Waals surface area contributed by atoms with Crippen LogP contribution in [0.4, 0.5) is 4.79 Å². The Morgan fingerprint density at radius 2 is 1.68 bits per heavy atom. The fourth-order valence-electron chi connectivity index (χ4n) is 6.17. The van der Waals surface area contributed by atoms with Gasteiger partial charge in [-0.15, -0.1) is 0 Å². The minimum Gasteiger partial charge on any atom is -0.495 e. The molecular weight excluding hydrogens is 786 g/mol. The van der Waals surface area contributed by atoms with Gasteiger partial charge in [-0.2, -0.15) is 0 Å². The summed E-state index contributed by atoms with van der Waals surface area (Å²) in [5.41, 5.74) is 1.53. The molecule has 3 amide bonds. The first-order chi connectivity index (χ1) is 27.8. The van der Waals surface area contributed by atoms with Crippen LogP contribution in [0.2, 0.25) is 5.02 Å². The van der Waals surface area contributed by atoms with E-state index in [1.165, 1.54) is 7.11 Å². The van der Waals surface area contributed by atoms with Crippen LogP contribution in [0.1, 0.15) is 84.1 Å². The van der Waals surface area contributed by atoms with E-state index in [0.29, 0.717) is 21.9 Å². The van der Waals surface area contributed by atoms with Gasteiger partial charge < -0.3 is 44.4 Å². The lowest BCUT2D eigenvalue weighted by atomic mass is 9.94. The molecular formula is C43H56ClN3O12. The Bertz CT molecular complexity index is 1840. The number of halogens is 1. The first-order valence-corrected chi connectivity index (χ1v) is 20.0. The minimum absolute atomic E-state index is 0.0149. The molecule has 322 valence electrons. The summed E-state index contributed by atoms with van der Waals surface area (Å²) in [5, 5.41) is 8.22. The van der Waals surface area contributed by atoms with Gasteiger partial charge in [-0.1, -0.05) is 75.7 Å². The highest BCUT2D eigenvalue weighted by Gasteiger charge is 2.47. The zero-order chi connectivity index (χ0) is 43.4. The van der Waals surface area contributed by atoms with Crippen LogP contribution in [0.5, 0.6) is 5.75 Å². The number of rotatable bonds is 12. The van der Waals surface area contributed by atoms with Crippen LogP contribution in [0.15, 0.2) is 54.6 Å². The highest BCUT2D eigenvalue weighted by Crippen LogP contribution is 2.45. The number of carbonyl (C=O) groups is 6. The lowest BCUT2D eigenvalue weighted by Crippen LogP contribution is -2.49. The molecule has 2 aromatic rings. The molecule has 2 aliphatic heterocycles. The lowest BCUT2D eigenvalue weighted by molar-refractivity contribution is -0.174. The van der Waals surface area contributed by atoms with Crippen LogP contribution >= 0.6 is 11.6 Å². The second kappa shape index (κ2) is 21.2. The molecule has 0 aliphatic carbocycles. The molecule has 59 heavy (non-hydrogen) atoms. The number of epoxide rings is 1. The number of carbonyl (C=O) groups excluding carboxylic acids is 6. The number of nitrogens with one attached hydrogen (secondary N) is 3. The van der Waals surface area contributed by atoms with Gasteiger partial charge in [0, 0.05) is 25.3 Å². The predicted molar refractivity (Wildman–Crippen MR) is 216 cm³/mol. The number of cyclic esters (lactones) is 2. The summed E-state index contributed by atoms with van der Waals surface area (Å²) in [4.78, 5) is 77.6. The summed E-state index contributed by atoms with van der Waals surface area (Å²) in [6.45, 7) is 11.9. The maximum atomic E-state index is 13.7. The average Bonchev–Trinajstić information content (AvgIpc) is 3.97. The molecule has 0 radical (unpaired) electrons. The van der Waals surface area contributed by atoms with Gasteiger partial charge in [0.1, 0.15) is 42.8 Å². The number of ether oxygens (including phenoxy) is 6. The van der Waals surface area contributed by atoms with Crippen molar-refractivity contribution in [1.82, 2.24) is 16.0 Å². The van der Waals surface area contributed by atoms with E-state index in [1.54, 1.807) is 70.2 Å². The van der Waals surface area contributed by atoms with E-state index in [4.69, 9.17) is 40.0 Å². The van der Waals surface area contributed by atoms with E-state index in [1.807, 2.05) is 32.9 Å². The molecule has 2 aliphatic rings. The summed E-state index contributed by atoms with van der Waals surface area (Å²) in [7, 11) is 1.49. The van der Waals surface area contributed by atoms with Gasteiger partial charge in [0.05, 0.1) is 24.2 Å². The first kappa shape index (κ1) is 46.5. The monoisotopic (exact) mass is 841 g/mol. The van der Waals surface area contributed by atoms with Gasteiger partial charge in [-0.3, -0.25) is 19.2 Å². The van der Waals surface area contributed by atoms with E-state index in [9.17, 15) is 28.8 Å². The molecule has 0 unspecified atom stereocenters. The Morgan fingerprint density at radius 3 is 2.32 bits per heavy atom. The van der Waals surface area contributed by atoms with E-state index in [0.717, 1.165) is 5.56 Å². The van der Waals surface area contributed by atoms with Crippen molar-refractivity contribution in [2.75, 3.05) is 20.2 Å². The van der Waals surface area contributed by atoms with E-state index < -0.39 is 71.5 Å². The summed E-state index contributed by atoms with van der Waals surface area (Å²) in [6.07, 6.45) is -0.177. The van der Waals surface area contributed by atoms with Crippen molar-refractivity contribution in [1.29, 1.82) is 0 Å². The Balaban J connectivity index is 1.46. The molecule has 0 spiro atoms. The number of esters is 3. The molecule has 2 heterocycles. The molecule has 1 saturated heterocycles. The van der Waals surface area contributed by atoms with Crippen molar-refractivity contribution in [3.05, 3.63) is 76.3 Å². The number of methoxy groups -OCH3 is 1. The Labute approximate surface area is 350 Å². The second-order valence-electron chi connectivity index (χ2n) is 16.2. The SMILES string of the molecule is COc1ccc(C[C@H]2NC(=O)CC=C[C@@H]([C@H](C)[C@H]3O[C@@H]3c3ccc(COC(=O)CNC(=O)OC(C)(C)C)cc3)OC(=O)[C@H](CC(C)C)OC(=O)[C@H](C)CNC2=O)cc1Cl. The minimum atomic E-state index is -1.21. The van der Waals surface area contributed by atoms with Crippen LogP contribution in [0, 0.1) is 17.8 Å². The van der Waals surface area contributed by atoms with Crippen molar-refractivity contribution >= 4 is 47.4 Å². The Hall–Kier alpha value is -5.15.